The number of halogens is 2. The van der Waals surface area contributed by atoms with E-state index in [1.165, 1.54) is 18.3 Å². The number of aromatic hydroxyl groups is 1. The average Bonchev–Trinajstić information content (AvgIpc) is 2.44. The lowest BCUT2D eigenvalue weighted by atomic mass is 10.2. The van der Waals surface area contributed by atoms with E-state index in [9.17, 15) is 9.90 Å². The molecular formula is C14H10Cl2N2O2. The third-order valence-electron chi connectivity index (χ3n) is 2.46. The molecule has 0 aromatic heterocycles. The normalized spacial score (nSPS) is 10.7. The Bertz CT molecular complexity index is 658. The minimum absolute atomic E-state index is 0.119. The van der Waals surface area contributed by atoms with Crippen LogP contribution in [0, 0.1) is 0 Å². The van der Waals surface area contributed by atoms with Crippen molar-refractivity contribution in [3.05, 3.63) is 63.6 Å². The van der Waals surface area contributed by atoms with Gasteiger partial charge in [-0.2, -0.15) is 5.10 Å². The van der Waals surface area contributed by atoms with E-state index >= 15 is 0 Å². The zero-order valence-electron chi connectivity index (χ0n) is 10.2. The Balaban J connectivity index is 2.10. The molecule has 0 unspecified atom stereocenters. The summed E-state index contributed by atoms with van der Waals surface area (Å²) in [4.78, 5) is 11.7. The monoisotopic (exact) mass is 308 g/mol. The minimum Gasteiger partial charge on any atom is -0.506 e. The predicted molar refractivity (Wildman–Crippen MR) is 79.6 cm³/mol. The second-order valence-electron chi connectivity index (χ2n) is 3.89. The van der Waals surface area contributed by atoms with Crippen molar-refractivity contribution in [3.63, 3.8) is 0 Å². The Kier molecular flexibility index (Phi) is 4.61. The van der Waals surface area contributed by atoms with Crippen molar-refractivity contribution in [1.82, 2.24) is 5.43 Å². The lowest BCUT2D eigenvalue weighted by Gasteiger charge is -2.03. The third kappa shape index (κ3) is 3.50. The number of benzene rings is 2. The average molecular weight is 309 g/mol. The maximum atomic E-state index is 11.7. The molecule has 0 saturated carbocycles. The number of carbonyl (C=O) groups excluding carboxylic acids is 1. The van der Waals surface area contributed by atoms with Crippen LogP contribution >= 0.6 is 23.2 Å². The summed E-state index contributed by atoms with van der Waals surface area (Å²) in [6.45, 7) is 0. The van der Waals surface area contributed by atoms with E-state index in [4.69, 9.17) is 23.2 Å². The summed E-state index contributed by atoms with van der Waals surface area (Å²) >= 11 is 11.6. The van der Waals surface area contributed by atoms with Gasteiger partial charge in [-0.1, -0.05) is 41.4 Å². The summed E-state index contributed by atoms with van der Waals surface area (Å²) < 4.78 is 0. The molecule has 0 radical (unpaired) electrons. The first-order chi connectivity index (χ1) is 9.58. The Labute approximate surface area is 125 Å². The van der Waals surface area contributed by atoms with Crippen LogP contribution in [0.4, 0.5) is 0 Å². The number of carbonyl (C=O) groups is 1. The van der Waals surface area contributed by atoms with Gasteiger partial charge in [-0.25, -0.2) is 5.43 Å². The van der Waals surface area contributed by atoms with Gasteiger partial charge in [0.15, 0.2) is 0 Å². The Morgan fingerprint density at radius 1 is 1.20 bits per heavy atom. The first-order valence-electron chi connectivity index (χ1n) is 5.64. The largest absolute Gasteiger partial charge is 0.506 e. The van der Waals surface area contributed by atoms with Crippen molar-refractivity contribution in [2.75, 3.05) is 0 Å². The first-order valence-corrected chi connectivity index (χ1v) is 6.40. The topological polar surface area (TPSA) is 61.7 Å². The predicted octanol–water partition coefficient (Wildman–Crippen LogP) is 3.46. The zero-order valence-corrected chi connectivity index (χ0v) is 11.7. The lowest BCUT2D eigenvalue weighted by Crippen LogP contribution is -2.17. The summed E-state index contributed by atoms with van der Waals surface area (Å²) in [6, 6.07) is 11.5. The number of hydrogen-bond acceptors (Lipinski definition) is 3. The van der Waals surface area contributed by atoms with Gasteiger partial charge in [0.25, 0.3) is 5.91 Å². The van der Waals surface area contributed by atoms with Gasteiger partial charge in [-0.05, 0) is 24.3 Å². The fourth-order valence-corrected chi connectivity index (χ4v) is 2.01. The molecule has 102 valence electrons. The van der Waals surface area contributed by atoms with E-state index < -0.39 is 0 Å². The van der Waals surface area contributed by atoms with Crippen molar-refractivity contribution in [2.24, 2.45) is 5.10 Å². The number of rotatable bonds is 3. The van der Waals surface area contributed by atoms with Gasteiger partial charge in [0.1, 0.15) is 5.75 Å². The van der Waals surface area contributed by atoms with Crippen LogP contribution in [0.2, 0.25) is 10.0 Å². The van der Waals surface area contributed by atoms with Gasteiger partial charge in [0.05, 0.1) is 11.2 Å². The summed E-state index contributed by atoms with van der Waals surface area (Å²) in [5, 5.41) is 14.0. The molecule has 2 aromatic rings. The van der Waals surface area contributed by atoms with Gasteiger partial charge in [-0.3, -0.25) is 4.79 Å². The maximum absolute atomic E-state index is 11.7. The van der Waals surface area contributed by atoms with E-state index in [0.29, 0.717) is 16.1 Å². The first kappa shape index (κ1) is 14.4. The van der Waals surface area contributed by atoms with Crippen molar-refractivity contribution < 1.29 is 9.90 Å². The number of nitrogens with zero attached hydrogens (tertiary/aromatic N) is 1. The van der Waals surface area contributed by atoms with E-state index in [2.05, 4.69) is 10.5 Å². The van der Waals surface area contributed by atoms with Gasteiger partial charge >= 0.3 is 0 Å². The smallest absolute Gasteiger partial charge is 0.271 e. The van der Waals surface area contributed by atoms with E-state index in [1.54, 1.807) is 24.3 Å². The van der Waals surface area contributed by atoms with Crippen LogP contribution in [0.25, 0.3) is 0 Å². The SMILES string of the molecule is O=C(N/N=C/c1cc(Cl)cc(Cl)c1O)c1ccccc1. The summed E-state index contributed by atoms with van der Waals surface area (Å²) in [6.07, 6.45) is 1.27. The quantitative estimate of drug-likeness (QED) is 0.674. The highest BCUT2D eigenvalue weighted by Gasteiger charge is 2.06. The van der Waals surface area contributed by atoms with Crippen LogP contribution in [-0.4, -0.2) is 17.2 Å². The summed E-state index contributed by atoms with van der Waals surface area (Å²) in [5.74, 6) is -0.497. The molecule has 0 aliphatic rings. The van der Waals surface area contributed by atoms with Gasteiger partial charge < -0.3 is 5.11 Å². The van der Waals surface area contributed by atoms with Crippen LogP contribution in [0.1, 0.15) is 15.9 Å². The molecule has 0 bridgehead atoms. The highest BCUT2D eigenvalue weighted by molar-refractivity contribution is 6.36. The highest BCUT2D eigenvalue weighted by Crippen LogP contribution is 2.29. The standard InChI is InChI=1S/C14H10Cl2N2O2/c15-11-6-10(13(19)12(16)7-11)8-17-18-14(20)9-4-2-1-3-5-9/h1-8,19H,(H,18,20)/b17-8+. The number of hydrazone groups is 1. The third-order valence-corrected chi connectivity index (χ3v) is 2.97. The van der Waals surface area contributed by atoms with Crippen molar-refractivity contribution in [1.29, 1.82) is 0 Å². The van der Waals surface area contributed by atoms with Crippen LogP contribution in [0.15, 0.2) is 47.6 Å². The molecule has 0 heterocycles. The van der Waals surface area contributed by atoms with Crippen LogP contribution in [0.5, 0.6) is 5.75 Å². The number of phenolic OH excluding ortho intramolecular Hbond substituents is 1. The van der Waals surface area contributed by atoms with Crippen molar-refractivity contribution in [2.45, 2.75) is 0 Å². The summed E-state index contributed by atoms with van der Waals surface area (Å²) in [5.41, 5.74) is 3.15. The molecule has 2 aromatic carbocycles. The minimum atomic E-state index is -0.352. The fraction of sp³-hybridized carbons (Fsp3) is 0. The van der Waals surface area contributed by atoms with Crippen LogP contribution in [-0.2, 0) is 0 Å². The number of amides is 1. The molecule has 4 nitrogen and oxygen atoms in total. The van der Waals surface area contributed by atoms with Crippen molar-refractivity contribution >= 4 is 35.3 Å². The Hall–Kier alpha value is -2.04. The number of nitrogens with one attached hydrogen (secondary N) is 1. The molecule has 2 N–H and O–H groups in total. The molecule has 2 rings (SSSR count). The molecule has 0 saturated heterocycles. The van der Waals surface area contributed by atoms with E-state index in [1.807, 2.05) is 6.07 Å². The molecule has 1 amide bonds. The molecule has 0 atom stereocenters. The number of phenols is 1. The Morgan fingerprint density at radius 3 is 2.60 bits per heavy atom. The molecule has 0 spiro atoms. The Morgan fingerprint density at radius 2 is 1.90 bits per heavy atom. The second-order valence-corrected chi connectivity index (χ2v) is 4.73. The number of hydrogen-bond donors (Lipinski definition) is 2. The molecule has 6 heteroatoms. The molecule has 0 aliphatic carbocycles. The zero-order chi connectivity index (χ0) is 14.5. The lowest BCUT2D eigenvalue weighted by molar-refractivity contribution is 0.0955. The summed E-state index contributed by atoms with van der Waals surface area (Å²) in [7, 11) is 0. The molecular weight excluding hydrogens is 299 g/mol. The van der Waals surface area contributed by atoms with Crippen LogP contribution in [0.3, 0.4) is 0 Å². The van der Waals surface area contributed by atoms with Crippen LogP contribution < -0.4 is 5.43 Å². The fourth-order valence-electron chi connectivity index (χ4n) is 1.50. The molecule has 20 heavy (non-hydrogen) atoms. The van der Waals surface area contributed by atoms with Crippen molar-refractivity contribution in [3.8, 4) is 5.75 Å². The van der Waals surface area contributed by atoms with E-state index in [0.717, 1.165) is 0 Å². The highest BCUT2D eigenvalue weighted by atomic mass is 35.5. The van der Waals surface area contributed by atoms with Gasteiger partial charge in [-0.15, -0.1) is 0 Å². The second kappa shape index (κ2) is 6.41. The van der Waals surface area contributed by atoms with Gasteiger partial charge in [0.2, 0.25) is 0 Å². The molecule has 0 aliphatic heterocycles. The molecule has 0 fully saturated rings. The maximum Gasteiger partial charge on any atom is 0.271 e. The van der Waals surface area contributed by atoms with E-state index in [-0.39, 0.29) is 16.7 Å². The van der Waals surface area contributed by atoms with Gasteiger partial charge in [0, 0.05) is 16.1 Å².